The minimum Gasteiger partial charge on any atom is -0.497 e. The lowest BCUT2D eigenvalue weighted by Gasteiger charge is -2.27. The van der Waals surface area contributed by atoms with Gasteiger partial charge in [0.2, 0.25) is 0 Å². The largest absolute Gasteiger partial charge is 0.497 e. The molecule has 0 amide bonds. The zero-order valence-electron chi connectivity index (χ0n) is 11.7. The normalized spacial score (nSPS) is 17.9. The van der Waals surface area contributed by atoms with Crippen LogP contribution >= 0.6 is 0 Å². The SMILES string of the molecule is CCC1(CNCc2cccc(OC)c2)CCCC1. The summed E-state index contributed by atoms with van der Waals surface area (Å²) in [5, 5.41) is 3.63. The topological polar surface area (TPSA) is 21.3 Å². The highest BCUT2D eigenvalue weighted by molar-refractivity contribution is 5.28. The Morgan fingerprint density at radius 2 is 2.06 bits per heavy atom. The molecule has 1 fully saturated rings. The van der Waals surface area contributed by atoms with Gasteiger partial charge in [-0.15, -0.1) is 0 Å². The third kappa shape index (κ3) is 3.26. The van der Waals surface area contributed by atoms with E-state index in [1.165, 1.54) is 37.7 Å². The van der Waals surface area contributed by atoms with E-state index < -0.39 is 0 Å². The number of nitrogens with one attached hydrogen (secondary N) is 1. The van der Waals surface area contributed by atoms with Crippen molar-refractivity contribution in [2.75, 3.05) is 13.7 Å². The molecule has 0 spiro atoms. The van der Waals surface area contributed by atoms with E-state index in [9.17, 15) is 0 Å². The van der Waals surface area contributed by atoms with Crippen LogP contribution in [0.1, 0.15) is 44.6 Å². The molecule has 18 heavy (non-hydrogen) atoms. The van der Waals surface area contributed by atoms with Crippen LogP contribution in [-0.4, -0.2) is 13.7 Å². The van der Waals surface area contributed by atoms with Gasteiger partial charge in [-0.05, 0) is 42.4 Å². The fraction of sp³-hybridized carbons (Fsp3) is 0.625. The Balaban J connectivity index is 1.84. The second kappa shape index (κ2) is 6.24. The van der Waals surface area contributed by atoms with Crippen molar-refractivity contribution in [2.45, 2.75) is 45.6 Å². The van der Waals surface area contributed by atoms with E-state index in [0.717, 1.165) is 18.8 Å². The van der Waals surface area contributed by atoms with Crippen molar-refractivity contribution >= 4 is 0 Å². The Kier molecular flexibility index (Phi) is 4.65. The Bertz CT molecular complexity index is 369. The van der Waals surface area contributed by atoms with Crippen molar-refractivity contribution in [1.82, 2.24) is 5.32 Å². The van der Waals surface area contributed by atoms with Crippen LogP contribution in [0, 0.1) is 5.41 Å². The highest BCUT2D eigenvalue weighted by Gasteiger charge is 2.31. The summed E-state index contributed by atoms with van der Waals surface area (Å²) in [6.07, 6.45) is 6.92. The maximum atomic E-state index is 5.25. The highest BCUT2D eigenvalue weighted by atomic mass is 16.5. The number of ether oxygens (including phenoxy) is 1. The van der Waals surface area contributed by atoms with Crippen LogP contribution in [0.3, 0.4) is 0 Å². The summed E-state index contributed by atoms with van der Waals surface area (Å²) < 4.78 is 5.25. The van der Waals surface area contributed by atoms with Crippen LogP contribution in [0.4, 0.5) is 0 Å². The zero-order chi connectivity index (χ0) is 12.8. The van der Waals surface area contributed by atoms with Gasteiger partial charge in [-0.25, -0.2) is 0 Å². The summed E-state index contributed by atoms with van der Waals surface area (Å²) >= 11 is 0. The van der Waals surface area contributed by atoms with Gasteiger partial charge in [0.1, 0.15) is 5.75 Å². The Morgan fingerprint density at radius 3 is 2.72 bits per heavy atom. The standard InChI is InChI=1S/C16H25NO/c1-3-16(9-4-5-10-16)13-17-12-14-7-6-8-15(11-14)18-2/h6-8,11,17H,3-5,9-10,12-13H2,1-2H3. The first kappa shape index (κ1) is 13.4. The van der Waals surface area contributed by atoms with Crippen LogP contribution in [0.5, 0.6) is 5.75 Å². The van der Waals surface area contributed by atoms with Crippen molar-refractivity contribution in [3.63, 3.8) is 0 Å². The molecule has 0 atom stereocenters. The second-order valence-electron chi connectivity index (χ2n) is 5.52. The van der Waals surface area contributed by atoms with Gasteiger partial charge in [0.15, 0.2) is 0 Å². The van der Waals surface area contributed by atoms with Gasteiger partial charge < -0.3 is 10.1 Å². The molecule has 100 valence electrons. The van der Waals surface area contributed by atoms with Crippen molar-refractivity contribution < 1.29 is 4.74 Å². The molecule has 1 aromatic rings. The van der Waals surface area contributed by atoms with Crippen LogP contribution in [0.15, 0.2) is 24.3 Å². The first-order valence-corrected chi connectivity index (χ1v) is 7.12. The molecule has 2 nitrogen and oxygen atoms in total. The highest BCUT2D eigenvalue weighted by Crippen LogP contribution is 2.40. The Hall–Kier alpha value is -1.02. The van der Waals surface area contributed by atoms with Gasteiger partial charge in [0, 0.05) is 13.1 Å². The van der Waals surface area contributed by atoms with Crippen LogP contribution < -0.4 is 10.1 Å². The van der Waals surface area contributed by atoms with Crippen LogP contribution in [0.25, 0.3) is 0 Å². The summed E-state index contributed by atoms with van der Waals surface area (Å²) in [5.74, 6) is 0.945. The van der Waals surface area contributed by atoms with Gasteiger partial charge in [-0.1, -0.05) is 31.9 Å². The zero-order valence-corrected chi connectivity index (χ0v) is 11.7. The molecular formula is C16H25NO. The minimum atomic E-state index is 0.568. The molecule has 2 rings (SSSR count). The molecule has 1 aliphatic carbocycles. The van der Waals surface area contributed by atoms with Crippen molar-refractivity contribution in [1.29, 1.82) is 0 Å². The molecule has 0 saturated heterocycles. The maximum absolute atomic E-state index is 5.25. The van der Waals surface area contributed by atoms with Crippen molar-refractivity contribution in [3.8, 4) is 5.75 Å². The molecule has 0 aliphatic heterocycles. The lowest BCUT2D eigenvalue weighted by atomic mass is 9.83. The molecule has 0 bridgehead atoms. The molecule has 0 radical (unpaired) electrons. The third-order valence-corrected chi connectivity index (χ3v) is 4.38. The third-order valence-electron chi connectivity index (χ3n) is 4.38. The van der Waals surface area contributed by atoms with Crippen LogP contribution in [-0.2, 0) is 6.54 Å². The molecule has 0 heterocycles. The minimum absolute atomic E-state index is 0.568. The van der Waals surface area contributed by atoms with E-state index in [0.29, 0.717) is 5.41 Å². The van der Waals surface area contributed by atoms with Crippen LogP contribution in [0.2, 0.25) is 0 Å². The molecule has 1 N–H and O–H groups in total. The summed E-state index contributed by atoms with van der Waals surface area (Å²) in [6, 6.07) is 8.32. The molecule has 1 aromatic carbocycles. The van der Waals surface area contributed by atoms with Gasteiger partial charge in [0.05, 0.1) is 7.11 Å². The van der Waals surface area contributed by atoms with E-state index in [1.807, 2.05) is 6.07 Å². The fourth-order valence-corrected chi connectivity index (χ4v) is 3.03. The van der Waals surface area contributed by atoms with E-state index in [2.05, 4.69) is 30.4 Å². The van der Waals surface area contributed by atoms with E-state index >= 15 is 0 Å². The molecule has 1 aliphatic rings. The van der Waals surface area contributed by atoms with E-state index in [1.54, 1.807) is 7.11 Å². The summed E-state index contributed by atoms with van der Waals surface area (Å²) in [7, 11) is 1.72. The number of methoxy groups -OCH3 is 1. The first-order valence-electron chi connectivity index (χ1n) is 7.12. The summed E-state index contributed by atoms with van der Waals surface area (Å²) in [5.41, 5.74) is 1.87. The monoisotopic (exact) mass is 247 g/mol. The predicted octanol–water partition coefficient (Wildman–Crippen LogP) is 3.76. The molecule has 2 heteroatoms. The van der Waals surface area contributed by atoms with Gasteiger partial charge >= 0.3 is 0 Å². The fourth-order valence-electron chi connectivity index (χ4n) is 3.03. The van der Waals surface area contributed by atoms with Gasteiger partial charge in [-0.3, -0.25) is 0 Å². The lowest BCUT2D eigenvalue weighted by molar-refractivity contribution is 0.268. The Labute approximate surface area is 111 Å². The molecular weight excluding hydrogens is 222 g/mol. The van der Waals surface area contributed by atoms with Crippen molar-refractivity contribution in [3.05, 3.63) is 29.8 Å². The average Bonchev–Trinajstić information content (AvgIpc) is 2.88. The lowest BCUT2D eigenvalue weighted by Crippen LogP contribution is -2.31. The van der Waals surface area contributed by atoms with Gasteiger partial charge in [-0.2, -0.15) is 0 Å². The van der Waals surface area contributed by atoms with Crippen molar-refractivity contribution in [2.24, 2.45) is 5.41 Å². The average molecular weight is 247 g/mol. The molecule has 0 aromatic heterocycles. The smallest absolute Gasteiger partial charge is 0.119 e. The van der Waals surface area contributed by atoms with E-state index in [4.69, 9.17) is 4.74 Å². The predicted molar refractivity (Wildman–Crippen MR) is 75.9 cm³/mol. The number of hydrogen-bond donors (Lipinski definition) is 1. The summed E-state index contributed by atoms with van der Waals surface area (Å²) in [4.78, 5) is 0. The first-order chi connectivity index (χ1) is 8.78. The maximum Gasteiger partial charge on any atom is 0.119 e. The quantitative estimate of drug-likeness (QED) is 0.826. The second-order valence-corrected chi connectivity index (χ2v) is 5.52. The number of rotatable bonds is 6. The number of hydrogen-bond acceptors (Lipinski definition) is 2. The summed E-state index contributed by atoms with van der Waals surface area (Å²) in [6.45, 7) is 4.43. The molecule has 0 unspecified atom stereocenters. The molecule has 1 saturated carbocycles. The van der Waals surface area contributed by atoms with E-state index in [-0.39, 0.29) is 0 Å². The number of benzene rings is 1. The van der Waals surface area contributed by atoms with Gasteiger partial charge in [0.25, 0.3) is 0 Å². The Morgan fingerprint density at radius 1 is 1.28 bits per heavy atom.